The van der Waals surface area contributed by atoms with Crippen molar-refractivity contribution >= 4 is 34.8 Å². The van der Waals surface area contributed by atoms with Gasteiger partial charge in [-0.1, -0.05) is 6.92 Å². The van der Waals surface area contributed by atoms with Gasteiger partial charge in [-0.15, -0.1) is 0 Å². The number of carbonyl (C=O) groups is 2. The number of ether oxygens (including phenoxy) is 1. The van der Waals surface area contributed by atoms with Gasteiger partial charge in [-0.3, -0.25) is 14.9 Å². The van der Waals surface area contributed by atoms with E-state index >= 15 is 0 Å². The zero-order valence-electron chi connectivity index (χ0n) is 15.5. The first-order valence-electron chi connectivity index (χ1n) is 8.64. The van der Waals surface area contributed by atoms with Gasteiger partial charge in [0.15, 0.2) is 5.11 Å². The zero-order valence-corrected chi connectivity index (χ0v) is 16.4. The smallest absolute Gasteiger partial charge is 0.257 e. The molecule has 7 heteroatoms. The molecule has 0 aliphatic carbocycles. The van der Waals surface area contributed by atoms with Gasteiger partial charge >= 0.3 is 0 Å². The highest BCUT2D eigenvalue weighted by molar-refractivity contribution is 7.80. The monoisotopic (exact) mass is 385 g/mol. The van der Waals surface area contributed by atoms with Crippen molar-refractivity contribution < 1.29 is 14.3 Å². The maximum absolute atomic E-state index is 12.3. The second-order valence-corrected chi connectivity index (χ2v) is 6.33. The Balaban J connectivity index is 1.91. The van der Waals surface area contributed by atoms with Crippen molar-refractivity contribution in [2.45, 2.75) is 26.4 Å². The molecule has 0 heterocycles. The Hall–Kier alpha value is -2.93. The lowest BCUT2D eigenvalue weighted by atomic mass is 10.2. The summed E-state index contributed by atoms with van der Waals surface area (Å²) in [4.78, 5) is 23.8. The van der Waals surface area contributed by atoms with Gasteiger partial charge in [0.2, 0.25) is 0 Å². The molecule has 0 spiro atoms. The van der Waals surface area contributed by atoms with Gasteiger partial charge in [0.25, 0.3) is 11.8 Å². The van der Waals surface area contributed by atoms with E-state index in [9.17, 15) is 9.59 Å². The summed E-state index contributed by atoms with van der Waals surface area (Å²) in [5.41, 5.74) is 1.69. The fourth-order valence-corrected chi connectivity index (χ4v) is 2.40. The predicted molar refractivity (Wildman–Crippen MR) is 110 cm³/mol. The Bertz CT molecular complexity index is 804. The molecular weight excluding hydrogens is 362 g/mol. The molecule has 2 aromatic carbocycles. The van der Waals surface area contributed by atoms with Gasteiger partial charge in [0.05, 0.1) is 6.10 Å². The Morgan fingerprint density at radius 3 is 2.11 bits per heavy atom. The number of nitrogens with one attached hydrogen (secondary N) is 3. The van der Waals surface area contributed by atoms with Gasteiger partial charge in [0.1, 0.15) is 5.75 Å². The third kappa shape index (κ3) is 6.07. The van der Waals surface area contributed by atoms with Gasteiger partial charge in [-0.2, -0.15) is 0 Å². The average Bonchev–Trinajstić information content (AvgIpc) is 2.68. The molecule has 0 fully saturated rings. The van der Waals surface area contributed by atoms with Gasteiger partial charge < -0.3 is 15.4 Å². The molecule has 1 atom stereocenters. The van der Waals surface area contributed by atoms with Gasteiger partial charge in [0, 0.05) is 23.9 Å². The third-order valence-corrected chi connectivity index (χ3v) is 4.09. The molecule has 0 aliphatic heterocycles. The van der Waals surface area contributed by atoms with E-state index in [-0.39, 0.29) is 23.0 Å². The molecule has 142 valence electrons. The van der Waals surface area contributed by atoms with E-state index in [1.165, 1.54) is 0 Å². The molecule has 2 rings (SSSR count). The molecular formula is C20H23N3O3S. The highest BCUT2D eigenvalue weighted by Crippen LogP contribution is 2.15. The number of rotatable bonds is 6. The molecule has 0 aliphatic rings. The van der Waals surface area contributed by atoms with Crippen LogP contribution in [0, 0.1) is 0 Å². The van der Waals surface area contributed by atoms with E-state index in [0.29, 0.717) is 16.8 Å². The van der Waals surface area contributed by atoms with E-state index in [1.54, 1.807) is 55.6 Å². The summed E-state index contributed by atoms with van der Waals surface area (Å²) in [5.74, 6) is 0.237. The Kier molecular flexibility index (Phi) is 7.31. The quantitative estimate of drug-likeness (QED) is 0.665. The van der Waals surface area contributed by atoms with Crippen LogP contribution < -0.4 is 20.7 Å². The lowest BCUT2D eigenvalue weighted by Crippen LogP contribution is -2.34. The number of benzene rings is 2. The molecule has 2 amide bonds. The van der Waals surface area contributed by atoms with Crippen molar-refractivity contribution in [3.63, 3.8) is 0 Å². The molecule has 6 nitrogen and oxygen atoms in total. The van der Waals surface area contributed by atoms with E-state index in [2.05, 4.69) is 16.0 Å². The number of anilines is 1. The number of thiocarbonyl (C=S) groups is 1. The molecule has 0 radical (unpaired) electrons. The fraction of sp³-hybridized carbons (Fsp3) is 0.250. The van der Waals surface area contributed by atoms with Crippen LogP contribution in [-0.2, 0) is 0 Å². The van der Waals surface area contributed by atoms with Crippen molar-refractivity contribution in [1.82, 2.24) is 10.6 Å². The first kappa shape index (κ1) is 20.4. The van der Waals surface area contributed by atoms with E-state index in [0.717, 1.165) is 12.2 Å². The summed E-state index contributed by atoms with van der Waals surface area (Å²) < 4.78 is 5.69. The molecule has 0 aromatic heterocycles. The zero-order chi connectivity index (χ0) is 19.8. The van der Waals surface area contributed by atoms with Crippen LogP contribution in [0.5, 0.6) is 5.75 Å². The number of hydrogen-bond acceptors (Lipinski definition) is 4. The van der Waals surface area contributed by atoms with E-state index in [1.807, 2.05) is 13.8 Å². The first-order chi connectivity index (χ1) is 12.9. The van der Waals surface area contributed by atoms with E-state index < -0.39 is 0 Å². The second kappa shape index (κ2) is 9.68. The molecule has 0 saturated carbocycles. The fourth-order valence-electron chi connectivity index (χ4n) is 2.19. The topological polar surface area (TPSA) is 79.5 Å². The highest BCUT2D eigenvalue weighted by atomic mass is 32.1. The summed E-state index contributed by atoms with van der Waals surface area (Å²) in [7, 11) is 1.57. The van der Waals surface area contributed by atoms with Gasteiger partial charge in [-0.25, -0.2) is 0 Å². The molecule has 2 aromatic rings. The molecule has 0 saturated heterocycles. The van der Waals surface area contributed by atoms with Crippen molar-refractivity contribution in [2.24, 2.45) is 0 Å². The molecule has 0 bridgehead atoms. The highest BCUT2D eigenvalue weighted by Gasteiger charge is 2.09. The maximum Gasteiger partial charge on any atom is 0.257 e. The summed E-state index contributed by atoms with van der Waals surface area (Å²) in [6.45, 7) is 4.04. The van der Waals surface area contributed by atoms with Crippen molar-refractivity contribution in [3.8, 4) is 5.75 Å². The van der Waals surface area contributed by atoms with Crippen molar-refractivity contribution in [3.05, 3.63) is 59.7 Å². The van der Waals surface area contributed by atoms with Crippen molar-refractivity contribution in [2.75, 3.05) is 12.4 Å². The SMILES string of the molecule is CCC(C)Oc1ccc(C(=O)NC(=S)Nc2ccc(C(=O)NC)cc2)cc1. The number of carbonyl (C=O) groups excluding carboxylic acids is 2. The lowest BCUT2D eigenvalue weighted by molar-refractivity contribution is 0.0959. The standard InChI is InChI=1S/C20H23N3O3S/c1-4-13(2)26-17-11-7-15(8-12-17)19(25)23-20(27)22-16-9-5-14(6-10-16)18(24)21-3/h5-13H,4H2,1-3H3,(H,21,24)(H2,22,23,25,27). The van der Waals surface area contributed by atoms with E-state index in [4.69, 9.17) is 17.0 Å². The summed E-state index contributed by atoms with van der Waals surface area (Å²) in [6.07, 6.45) is 1.03. The van der Waals surface area contributed by atoms with Crippen LogP contribution in [0.4, 0.5) is 5.69 Å². The molecule has 27 heavy (non-hydrogen) atoms. The van der Waals surface area contributed by atoms with Crippen LogP contribution in [0.2, 0.25) is 0 Å². The normalized spacial score (nSPS) is 11.2. The second-order valence-electron chi connectivity index (χ2n) is 5.93. The Labute approximate surface area is 164 Å². The van der Waals surface area contributed by atoms with Crippen LogP contribution in [0.25, 0.3) is 0 Å². The number of hydrogen-bond donors (Lipinski definition) is 3. The van der Waals surface area contributed by atoms with Crippen LogP contribution in [0.3, 0.4) is 0 Å². The summed E-state index contributed by atoms with van der Waals surface area (Å²) in [5, 5.41) is 8.27. The third-order valence-electron chi connectivity index (χ3n) is 3.89. The van der Waals surface area contributed by atoms with Crippen molar-refractivity contribution in [1.29, 1.82) is 0 Å². The lowest BCUT2D eigenvalue weighted by Gasteiger charge is -2.13. The first-order valence-corrected chi connectivity index (χ1v) is 9.05. The molecule has 3 N–H and O–H groups in total. The van der Waals surface area contributed by atoms with Crippen LogP contribution in [0.1, 0.15) is 41.0 Å². The van der Waals surface area contributed by atoms with Crippen LogP contribution in [-0.4, -0.2) is 30.1 Å². The number of amides is 2. The largest absolute Gasteiger partial charge is 0.491 e. The summed E-state index contributed by atoms with van der Waals surface area (Å²) >= 11 is 5.17. The van der Waals surface area contributed by atoms with Crippen LogP contribution in [0.15, 0.2) is 48.5 Å². The van der Waals surface area contributed by atoms with Gasteiger partial charge in [-0.05, 0) is 74.1 Å². The Morgan fingerprint density at radius 1 is 1.00 bits per heavy atom. The van der Waals surface area contributed by atoms with Crippen LogP contribution >= 0.6 is 12.2 Å². The minimum absolute atomic E-state index is 0.122. The minimum Gasteiger partial charge on any atom is -0.491 e. The Morgan fingerprint density at radius 2 is 1.56 bits per heavy atom. The maximum atomic E-state index is 12.3. The molecule has 1 unspecified atom stereocenters. The minimum atomic E-state index is -0.315. The average molecular weight is 385 g/mol. The summed E-state index contributed by atoms with van der Waals surface area (Å²) in [6, 6.07) is 13.7. The predicted octanol–water partition coefficient (Wildman–Crippen LogP) is 3.35.